The van der Waals surface area contributed by atoms with Crippen molar-refractivity contribution in [1.29, 1.82) is 0 Å². The Morgan fingerprint density at radius 2 is 1.69 bits per heavy atom. The molecule has 0 heterocycles. The Labute approximate surface area is 187 Å². The van der Waals surface area contributed by atoms with Crippen molar-refractivity contribution in [3.8, 4) is 5.75 Å². The first-order valence-corrected chi connectivity index (χ1v) is 9.72. The Morgan fingerprint density at radius 3 is 2.38 bits per heavy atom. The first kappa shape index (κ1) is 22.6. The van der Waals surface area contributed by atoms with Gasteiger partial charge in [0.2, 0.25) is 0 Å². The van der Waals surface area contributed by atoms with Gasteiger partial charge in [0.25, 0.3) is 11.8 Å². The quantitative estimate of drug-likeness (QED) is 0.247. The number of rotatable bonds is 7. The smallest absolute Gasteiger partial charge is 0.343 e. The van der Waals surface area contributed by atoms with Crippen molar-refractivity contribution in [3.63, 3.8) is 0 Å². The lowest BCUT2D eigenvalue weighted by Gasteiger charge is -2.05. The molecular weight excluding hydrogens is 437 g/mol. The van der Waals surface area contributed by atoms with Gasteiger partial charge in [0, 0.05) is 10.6 Å². The Morgan fingerprint density at radius 1 is 0.969 bits per heavy atom. The molecule has 3 aromatic carbocycles. The average Bonchev–Trinajstić information content (AvgIpc) is 2.79. The zero-order valence-electron chi connectivity index (χ0n) is 16.5. The minimum atomic E-state index is -0.538. The van der Waals surface area contributed by atoms with Crippen LogP contribution in [0.15, 0.2) is 77.9 Å². The van der Waals surface area contributed by atoms with Crippen LogP contribution in [-0.4, -0.2) is 30.5 Å². The average molecular weight is 454 g/mol. The molecule has 0 aromatic heterocycles. The van der Waals surface area contributed by atoms with E-state index in [-0.39, 0.29) is 12.1 Å². The molecule has 7 nitrogen and oxygen atoms in total. The van der Waals surface area contributed by atoms with Crippen LogP contribution < -0.4 is 15.5 Å². The Bertz CT molecular complexity index is 1150. The fourth-order valence-corrected chi connectivity index (χ4v) is 2.68. The Hall–Kier alpha value is -4.04. The van der Waals surface area contributed by atoms with Crippen LogP contribution in [0.5, 0.6) is 5.75 Å². The maximum Gasteiger partial charge on any atom is 0.343 e. The summed E-state index contributed by atoms with van der Waals surface area (Å²) >= 11 is 5.87. The predicted octanol–water partition coefficient (Wildman–Crippen LogP) is 3.58. The maximum atomic E-state index is 12.9. The van der Waals surface area contributed by atoms with E-state index in [0.717, 1.165) is 12.1 Å². The van der Waals surface area contributed by atoms with Crippen LogP contribution in [0.25, 0.3) is 0 Å². The molecule has 3 rings (SSSR count). The van der Waals surface area contributed by atoms with Crippen molar-refractivity contribution < 1.29 is 23.5 Å². The summed E-state index contributed by atoms with van der Waals surface area (Å²) in [5.41, 5.74) is 3.49. The number of carbonyl (C=O) groups is 3. The molecule has 0 saturated heterocycles. The van der Waals surface area contributed by atoms with Crippen LogP contribution in [0, 0.1) is 5.82 Å². The molecule has 0 unspecified atom stereocenters. The summed E-state index contributed by atoms with van der Waals surface area (Å²) in [6.07, 6.45) is 1.39. The minimum Gasteiger partial charge on any atom is -0.423 e. The first-order valence-electron chi connectivity index (χ1n) is 9.34. The summed E-state index contributed by atoms with van der Waals surface area (Å²) in [6, 6.07) is 17.8. The van der Waals surface area contributed by atoms with Crippen molar-refractivity contribution in [3.05, 3.63) is 100 Å². The molecule has 32 heavy (non-hydrogen) atoms. The van der Waals surface area contributed by atoms with Crippen molar-refractivity contribution >= 4 is 35.6 Å². The second-order valence-corrected chi connectivity index (χ2v) is 6.89. The topological polar surface area (TPSA) is 96.9 Å². The Kier molecular flexibility index (Phi) is 7.66. The molecule has 2 N–H and O–H groups in total. The van der Waals surface area contributed by atoms with Crippen LogP contribution in [0.2, 0.25) is 5.02 Å². The van der Waals surface area contributed by atoms with Crippen molar-refractivity contribution in [2.24, 2.45) is 5.10 Å². The lowest BCUT2D eigenvalue weighted by Crippen LogP contribution is -2.34. The molecular formula is C23H17ClFN3O4. The second kappa shape index (κ2) is 10.8. The third kappa shape index (κ3) is 6.75. The highest BCUT2D eigenvalue weighted by atomic mass is 35.5. The van der Waals surface area contributed by atoms with Crippen LogP contribution in [0.3, 0.4) is 0 Å². The highest BCUT2D eigenvalue weighted by Gasteiger charge is 2.09. The molecule has 2 amide bonds. The molecule has 3 aromatic rings. The van der Waals surface area contributed by atoms with Gasteiger partial charge in [0.15, 0.2) is 0 Å². The number of carbonyl (C=O) groups excluding carboxylic acids is 3. The van der Waals surface area contributed by atoms with Gasteiger partial charge in [-0.1, -0.05) is 17.7 Å². The number of benzene rings is 3. The first-order chi connectivity index (χ1) is 15.4. The van der Waals surface area contributed by atoms with E-state index in [1.54, 1.807) is 42.5 Å². The standard InChI is InChI=1S/C23H17ClFN3O4/c24-18-3-1-2-17(12-18)23(31)32-20-10-4-15(5-11-20)13-27-28-21(29)14-26-22(30)16-6-8-19(25)9-7-16/h1-13H,14H2,(H,26,30)(H,28,29)/b27-13-. The number of halogens is 2. The molecule has 0 aliphatic rings. The van der Waals surface area contributed by atoms with Crippen molar-refractivity contribution in [2.75, 3.05) is 6.54 Å². The second-order valence-electron chi connectivity index (χ2n) is 6.45. The van der Waals surface area contributed by atoms with Crippen molar-refractivity contribution in [1.82, 2.24) is 10.7 Å². The molecule has 162 valence electrons. The zero-order valence-corrected chi connectivity index (χ0v) is 17.3. The van der Waals surface area contributed by atoms with Gasteiger partial charge < -0.3 is 10.1 Å². The molecule has 0 fully saturated rings. The fraction of sp³-hybridized carbons (Fsp3) is 0.0435. The number of esters is 1. The third-order valence-electron chi connectivity index (χ3n) is 4.07. The number of nitrogens with one attached hydrogen (secondary N) is 2. The summed E-state index contributed by atoms with van der Waals surface area (Å²) in [4.78, 5) is 35.8. The lowest BCUT2D eigenvalue weighted by molar-refractivity contribution is -0.120. The van der Waals surface area contributed by atoms with Crippen LogP contribution >= 0.6 is 11.6 Å². The summed E-state index contributed by atoms with van der Waals surface area (Å²) in [7, 11) is 0. The number of hydrazone groups is 1. The molecule has 0 aliphatic carbocycles. The van der Waals surface area contributed by atoms with E-state index in [1.807, 2.05) is 0 Å². The number of amides is 2. The lowest BCUT2D eigenvalue weighted by atomic mass is 10.2. The fourth-order valence-electron chi connectivity index (χ4n) is 2.49. The van der Waals surface area contributed by atoms with E-state index in [9.17, 15) is 18.8 Å². The predicted molar refractivity (Wildman–Crippen MR) is 117 cm³/mol. The Balaban J connectivity index is 1.45. The molecule has 0 spiro atoms. The van der Waals surface area contributed by atoms with Gasteiger partial charge in [-0.05, 0) is 72.3 Å². The SMILES string of the molecule is O=C(CNC(=O)c1ccc(F)cc1)N/N=C\c1ccc(OC(=O)c2cccc(Cl)c2)cc1. The molecule has 0 bridgehead atoms. The van der Waals surface area contributed by atoms with E-state index in [4.69, 9.17) is 16.3 Å². The van der Waals surface area contributed by atoms with E-state index in [1.165, 1.54) is 24.4 Å². The molecule has 0 radical (unpaired) electrons. The number of hydrogen-bond acceptors (Lipinski definition) is 5. The van der Waals surface area contributed by atoms with Gasteiger partial charge in [-0.2, -0.15) is 5.10 Å². The molecule has 0 saturated carbocycles. The highest BCUT2D eigenvalue weighted by Crippen LogP contribution is 2.16. The normalized spacial score (nSPS) is 10.6. The molecule has 0 atom stereocenters. The summed E-state index contributed by atoms with van der Waals surface area (Å²) in [5.74, 6) is -1.71. The van der Waals surface area contributed by atoms with Gasteiger partial charge in [0.05, 0.1) is 18.3 Å². The summed E-state index contributed by atoms with van der Waals surface area (Å²) in [5, 5.41) is 6.64. The summed E-state index contributed by atoms with van der Waals surface area (Å²) in [6.45, 7) is -0.300. The number of hydrogen-bond donors (Lipinski definition) is 2. The van der Waals surface area contributed by atoms with Gasteiger partial charge in [-0.3, -0.25) is 9.59 Å². The number of nitrogens with zero attached hydrogens (tertiary/aromatic N) is 1. The van der Waals surface area contributed by atoms with Crippen LogP contribution in [0.4, 0.5) is 4.39 Å². The van der Waals surface area contributed by atoms with Crippen molar-refractivity contribution in [2.45, 2.75) is 0 Å². The highest BCUT2D eigenvalue weighted by molar-refractivity contribution is 6.30. The third-order valence-corrected chi connectivity index (χ3v) is 4.30. The monoisotopic (exact) mass is 453 g/mol. The van der Waals surface area contributed by atoms with Crippen LogP contribution in [0.1, 0.15) is 26.3 Å². The van der Waals surface area contributed by atoms with Gasteiger partial charge in [0.1, 0.15) is 11.6 Å². The molecule has 9 heteroatoms. The maximum absolute atomic E-state index is 12.9. The summed E-state index contributed by atoms with van der Waals surface area (Å²) < 4.78 is 18.1. The van der Waals surface area contributed by atoms with E-state index >= 15 is 0 Å². The minimum absolute atomic E-state index is 0.235. The number of ether oxygens (including phenoxy) is 1. The largest absolute Gasteiger partial charge is 0.423 e. The van der Waals surface area contributed by atoms with E-state index < -0.39 is 23.6 Å². The van der Waals surface area contributed by atoms with Gasteiger partial charge >= 0.3 is 5.97 Å². The van der Waals surface area contributed by atoms with Crippen LogP contribution in [-0.2, 0) is 4.79 Å². The van der Waals surface area contributed by atoms with Gasteiger partial charge in [-0.25, -0.2) is 14.6 Å². The van der Waals surface area contributed by atoms with E-state index in [0.29, 0.717) is 21.9 Å². The van der Waals surface area contributed by atoms with Gasteiger partial charge in [-0.15, -0.1) is 0 Å². The van der Waals surface area contributed by atoms with E-state index in [2.05, 4.69) is 15.8 Å². The zero-order chi connectivity index (χ0) is 22.9. The molecule has 0 aliphatic heterocycles.